The Balaban J connectivity index is 1.79. The molecule has 2 aromatic carbocycles. The molecule has 6 nitrogen and oxygen atoms in total. The first-order chi connectivity index (χ1) is 12.0. The van der Waals surface area contributed by atoms with Crippen molar-refractivity contribution < 1.29 is 9.31 Å². The Kier molecular flexibility index (Phi) is 4.90. The van der Waals surface area contributed by atoms with Crippen molar-refractivity contribution in [1.29, 1.82) is 0 Å². The van der Waals surface area contributed by atoms with Crippen LogP contribution in [0.2, 0.25) is 0 Å². The Labute approximate surface area is 146 Å². The molecule has 1 aromatic heterocycles. The zero-order chi connectivity index (χ0) is 17.8. The molecule has 0 amide bonds. The van der Waals surface area contributed by atoms with Gasteiger partial charge in [-0.15, -0.1) is 0 Å². The fourth-order valence-corrected chi connectivity index (χ4v) is 3.02. The van der Waals surface area contributed by atoms with Crippen LogP contribution in [0.3, 0.4) is 0 Å². The van der Waals surface area contributed by atoms with Crippen molar-refractivity contribution >= 4 is 17.4 Å². The fraction of sp³-hybridized carbons (Fsp3) is 0.0588. The van der Waals surface area contributed by atoms with Crippen LogP contribution in [0.15, 0.2) is 70.7 Å². The van der Waals surface area contributed by atoms with E-state index in [1.54, 1.807) is 12.1 Å². The molecule has 126 valence electrons. The molecule has 0 unspecified atom stereocenters. The van der Waals surface area contributed by atoms with Crippen LogP contribution in [0.5, 0.6) is 0 Å². The van der Waals surface area contributed by atoms with Crippen LogP contribution in [0.4, 0.5) is 10.1 Å². The topological polar surface area (TPSA) is 78.0 Å². The van der Waals surface area contributed by atoms with Gasteiger partial charge in [0.2, 0.25) is 0 Å². The van der Waals surface area contributed by atoms with E-state index in [0.29, 0.717) is 16.5 Å². The third kappa shape index (κ3) is 3.92. The van der Waals surface area contributed by atoms with E-state index in [-0.39, 0.29) is 17.1 Å². The highest BCUT2D eigenvalue weighted by Gasteiger charge is 2.09. The van der Waals surface area contributed by atoms with Gasteiger partial charge in [0.25, 0.3) is 11.2 Å². The van der Waals surface area contributed by atoms with E-state index < -0.39 is 4.92 Å². The van der Waals surface area contributed by atoms with Crippen molar-refractivity contribution in [3.05, 3.63) is 92.8 Å². The normalized spacial score (nSPS) is 10.6. The van der Waals surface area contributed by atoms with Crippen molar-refractivity contribution in [2.24, 2.45) is 0 Å². The fourth-order valence-electron chi connectivity index (χ4n) is 2.16. The van der Waals surface area contributed by atoms with Gasteiger partial charge < -0.3 is 0 Å². The number of non-ortho nitro benzene ring substituents is 1. The highest BCUT2D eigenvalue weighted by molar-refractivity contribution is 7.98. The highest BCUT2D eigenvalue weighted by Crippen LogP contribution is 2.20. The van der Waals surface area contributed by atoms with E-state index in [2.05, 4.69) is 4.98 Å². The molecule has 1 heterocycles. The van der Waals surface area contributed by atoms with E-state index in [0.717, 1.165) is 5.56 Å². The minimum absolute atomic E-state index is 0.0188. The van der Waals surface area contributed by atoms with E-state index in [4.69, 9.17) is 0 Å². The summed E-state index contributed by atoms with van der Waals surface area (Å²) in [5.74, 6) is 0.0758. The summed E-state index contributed by atoms with van der Waals surface area (Å²) in [7, 11) is 0. The molecule has 0 saturated carbocycles. The second-order valence-corrected chi connectivity index (χ2v) is 6.06. The van der Waals surface area contributed by atoms with Gasteiger partial charge in [0.1, 0.15) is 5.82 Å². The Morgan fingerprint density at radius 1 is 1.12 bits per heavy atom. The number of nitro benzene ring substituents is 1. The van der Waals surface area contributed by atoms with Gasteiger partial charge in [-0.3, -0.25) is 19.5 Å². The Bertz CT molecular complexity index is 956. The number of benzene rings is 2. The van der Waals surface area contributed by atoms with Crippen molar-refractivity contribution in [3.63, 3.8) is 0 Å². The standard InChI is InChI=1S/C17H12FN3O3S/c18-13-3-7-14(8-4-13)20-10-9-19-16(17(20)22)25-11-12-1-5-15(6-2-12)21(23)24/h1-10H,11H2. The van der Waals surface area contributed by atoms with Gasteiger partial charge in [0.15, 0.2) is 5.03 Å². The molecule has 0 aliphatic rings. The predicted octanol–water partition coefficient (Wildman–Crippen LogP) is 3.57. The molecule has 0 fully saturated rings. The van der Waals surface area contributed by atoms with Crippen LogP contribution in [-0.2, 0) is 5.75 Å². The molecule has 0 radical (unpaired) electrons. The summed E-state index contributed by atoms with van der Waals surface area (Å²) in [5.41, 5.74) is 1.10. The molecule has 0 atom stereocenters. The lowest BCUT2D eigenvalue weighted by atomic mass is 10.2. The number of rotatable bonds is 5. The van der Waals surface area contributed by atoms with Crippen LogP contribution in [0, 0.1) is 15.9 Å². The number of nitro groups is 1. The molecule has 3 aromatic rings. The molecule has 0 aliphatic carbocycles. The molecule has 3 rings (SSSR count). The molecule has 25 heavy (non-hydrogen) atoms. The average molecular weight is 357 g/mol. The van der Waals surface area contributed by atoms with Gasteiger partial charge in [-0.05, 0) is 29.8 Å². The number of hydrogen-bond acceptors (Lipinski definition) is 5. The molecule has 0 bridgehead atoms. The van der Waals surface area contributed by atoms with E-state index in [1.165, 1.54) is 65.1 Å². The van der Waals surface area contributed by atoms with Crippen molar-refractivity contribution in [1.82, 2.24) is 9.55 Å². The summed E-state index contributed by atoms with van der Waals surface area (Å²) in [5, 5.41) is 10.9. The van der Waals surface area contributed by atoms with Crippen LogP contribution >= 0.6 is 11.8 Å². The summed E-state index contributed by atoms with van der Waals surface area (Å²) in [6.07, 6.45) is 3.02. The van der Waals surface area contributed by atoms with Crippen LogP contribution < -0.4 is 5.56 Å². The molecular formula is C17H12FN3O3S. The van der Waals surface area contributed by atoms with Crippen LogP contribution in [-0.4, -0.2) is 14.5 Å². The molecule has 0 spiro atoms. The lowest BCUT2D eigenvalue weighted by molar-refractivity contribution is -0.384. The Hall–Kier alpha value is -3.00. The number of aromatic nitrogens is 2. The van der Waals surface area contributed by atoms with Gasteiger partial charge in [-0.1, -0.05) is 23.9 Å². The first kappa shape index (κ1) is 16.8. The second kappa shape index (κ2) is 7.27. The lowest BCUT2D eigenvalue weighted by Gasteiger charge is -2.07. The number of hydrogen-bond donors (Lipinski definition) is 0. The molecule has 8 heteroatoms. The average Bonchev–Trinajstić information content (AvgIpc) is 2.62. The maximum Gasteiger partial charge on any atom is 0.287 e. The van der Waals surface area contributed by atoms with Gasteiger partial charge in [0.05, 0.1) is 4.92 Å². The molecule has 0 aliphatic heterocycles. The zero-order valence-corrected chi connectivity index (χ0v) is 13.6. The van der Waals surface area contributed by atoms with E-state index in [1.807, 2.05) is 0 Å². The smallest absolute Gasteiger partial charge is 0.280 e. The highest BCUT2D eigenvalue weighted by atomic mass is 32.2. The quantitative estimate of drug-likeness (QED) is 0.396. The Morgan fingerprint density at radius 3 is 2.44 bits per heavy atom. The molecule has 0 N–H and O–H groups in total. The SMILES string of the molecule is O=c1c(SCc2ccc([N+](=O)[O-])cc2)nccn1-c1ccc(F)cc1. The Morgan fingerprint density at radius 2 is 1.80 bits per heavy atom. The van der Waals surface area contributed by atoms with Crippen LogP contribution in [0.25, 0.3) is 5.69 Å². The molecule has 0 saturated heterocycles. The maximum absolute atomic E-state index is 13.0. The summed E-state index contributed by atoms with van der Waals surface area (Å²) < 4.78 is 14.4. The number of thioether (sulfide) groups is 1. The minimum atomic E-state index is -0.461. The van der Waals surface area contributed by atoms with Gasteiger partial charge >= 0.3 is 0 Å². The van der Waals surface area contributed by atoms with E-state index >= 15 is 0 Å². The monoisotopic (exact) mass is 357 g/mol. The third-order valence-electron chi connectivity index (χ3n) is 3.44. The number of nitrogens with zero attached hydrogens (tertiary/aromatic N) is 3. The van der Waals surface area contributed by atoms with Crippen molar-refractivity contribution in [3.8, 4) is 5.69 Å². The van der Waals surface area contributed by atoms with Gasteiger partial charge in [-0.25, -0.2) is 9.37 Å². The first-order valence-electron chi connectivity index (χ1n) is 7.24. The summed E-state index contributed by atoms with van der Waals surface area (Å²) >= 11 is 1.24. The summed E-state index contributed by atoms with van der Waals surface area (Å²) in [6, 6.07) is 11.7. The van der Waals surface area contributed by atoms with Gasteiger partial charge in [0, 0.05) is 36.0 Å². The van der Waals surface area contributed by atoms with Crippen molar-refractivity contribution in [2.45, 2.75) is 10.8 Å². The van der Waals surface area contributed by atoms with Crippen LogP contribution in [0.1, 0.15) is 5.56 Å². The third-order valence-corrected chi connectivity index (χ3v) is 4.47. The maximum atomic E-state index is 13.0. The summed E-state index contributed by atoms with van der Waals surface area (Å²) in [6.45, 7) is 0. The second-order valence-electron chi connectivity index (χ2n) is 5.10. The first-order valence-corrected chi connectivity index (χ1v) is 8.23. The van der Waals surface area contributed by atoms with Gasteiger partial charge in [-0.2, -0.15) is 0 Å². The predicted molar refractivity (Wildman–Crippen MR) is 92.4 cm³/mol. The van der Waals surface area contributed by atoms with E-state index in [9.17, 15) is 19.3 Å². The van der Waals surface area contributed by atoms with Crippen molar-refractivity contribution in [2.75, 3.05) is 0 Å². The largest absolute Gasteiger partial charge is 0.287 e. The summed E-state index contributed by atoms with van der Waals surface area (Å²) in [4.78, 5) is 26.8. The minimum Gasteiger partial charge on any atom is -0.280 e. The molecular weight excluding hydrogens is 345 g/mol. The lowest BCUT2D eigenvalue weighted by Crippen LogP contribution is -2.20. The zero-order valence-electron chi connectivity index (χ0n) is 12.8. The number of halogens is 1.